The van der Waals surface area contributed by atoms with Gasteiger partial charge in [-0.05, 0) is 55.9 Å². The molecular weight excluding hydrogens is 548 g/mol. The van der Waals surface area contributed by atoms with Crippen molar-refractivity contribution in [2.24, 2.45) is 0 Å². The minimum Gasteiger partial charge on any atom is -0.383 e. The molecule has 1 aliphatic heterocycles. The summed E-state index contributed by atoms with van der Waals surface area (Å²) in [5.74, 6) is 5.05. The summed E-state index contributed by atoms with van der Waals surface area (Å²) in [6.45, 7) is 4.82. The number of nitrogen functional groups attached to an aromatic ring is 1. The van der Waals surface area contributed by atoms with E-state index in [2.05, 4.69) is 32.0 Å². The number of nitrogens with two attached hydrogens (primary N) is 1. The summed E-state index contributed by atoms with van der Waals surface area (Å²) in [4.78, 5) is 25.5. The molecule has 3 N–H and O–H groups in total. The lowest BCUT2D eigenvalue weighted by Gasteiger charge is -2.33. The van der Waals surface area contributed by atoms with Gasteiger partial charge in [0, 0.05) is 67.1 Å². The van der Waals surface area contributed by atoms with Crippen molar-refractivity contribution in [2.45, 2.75) is 19.6 Å². The summed E-state index contributed by atoms with van der Waals surface area (Å²) < 4.78 is 55.8. The number of carbonyl (C=O) groups excluding carboxylic acids is 1. The van der Waals surface area contributed by atoms with Crippen molar-refractivity contribution in [3.05, 3.63) is 94.2 Å². The fraction of sp³-hybridized carbons (Fsp3) is 0.258. The molecule has 11 heteroatoms. The number of nitrogens with one attached hydrogen (secondary N) is 1. The maximum Gasteiger partial charge on any atom is 0.416 e. The van der Waals surface area contributed by atoms with E-state index in [0.29, 0.717) is 40.7 Å². The van der Waals surface area contributed by atoms with E-state index < -0.39 is 23.5 Å². The number of hydrogen-bond donors (Lipinski definition) is 2. The first-order valence-electron chi connectivity index (χ1n) is 13.2. The van der Waals surface area contributed by atoms with Crippen molar-refractivity contribution in [2.75, 3.05) is 44.3 Å². The average Bonchev–Trinajstić information content (AvgIpc) is 2.95. The van der Waals surface area contributed by atoms with Crippen molar-refractivity contribution in [3.63, 3.8) is 0 Å². The number of aryl methyl sites for hydroxylation is 1. The van der Waals surface area contributed by atoms with Crippen LogP contribution in [0.3, 0.4) is 0 Å². The number of halogens is 4. The second-order valence-electron chi connectivity index (χ2n) is 10.3. The van der Waals surface area contributed by atoms with Gasteiger partial charge < -0.3 is 16.0 Å². The maximum atomic E-state index is 14.0. The van der Waals surface area contributed by atoms with E-state index in [1.807, 2.05) is 11.9 Å². The van der Waals surface area contributed by atoms with E-state index >= 15 is 0 Å². The van der Waals surface area contributed by atoms with Gasteiger partial charge in [0.2, 0.25) is 0 Å². The summed E-state index contributed by atoms with van der Waals surface area (Å²) in [5, 5.41) is 3.60. The number of likely N-dealkylation sites (N-methyl/N-ethyl adjacent to an activating group) is 1. The molecule has 1 saturated heterocycles. The first-order chi connectivity index (χ1) is 20.0. The number of anilines is 2. The minimum atomic E-state index is -4.58. The number of amides is 1. The standard InChI is InChI=1S/C31H28F4N6O/c1-19-20(3-4-21-16-38-29(36)26-8-6-24(32)14-27(21)26)13-23(17-37-19)30(42)39-25-7-5-22(28(15-25)31(33,34)35)18-41-11-9-40(2)10-12-41/h5-8,13-17H,9-12,18H2,1-2H3,(H2,36,38)(H,39,42). The van der Waals surface area contributed by atoms with Gasteiger partial charge in [0.1, 0.15) is 11.6 Å². The highest BCUT2D eigenvalue weighted by molar-refractivity contribution is 6.04. The number of benzene rings is 2. The van der Waals surface area contributed by atoms with Gasteiger partial charge in [-0.25, -0.2) is 9.37 Å². The van der Waals surface area contributed by atoms with Crippen LogP contribution in [0.2, 0.25) is 0 Å². The number of piperazine rings is 1. The van der Waals surface area contributed by atoms with E-state index in [-0.39, 0.29) is 29.2 Å². The third kappa shape index (κ3) is 6.51. The number of hydrogen-bond acceptors (Lipinski definition) is 6. The van der Waals surface area contributed by atoms with Gasteiger partial charge in [-0.1, -0.05) is 17.9 Å². The Labute approximate surface area is 240 Å². The first kappa shape index (κ1) is 29.0. The Morgan fingerprint density at radius 2 is 1.71 bits per heavy atom. The molecular formula is C31H28F4N6O. The molecule has 0 unspecified atom stereocenters. The third-order valence-corrected chi connectivity index (χ3v) is 7.22. The monoisotopic (exact) mass is 576 g/mol. The predicted molar refractivity (Wildman–Crippen MR) is 153 cm³/mol. The number of carbonyl (C=O) groups is 1. The van der Waals surface area contributed by atoms with Crippen LogP contribution in [0.4, 0.5) is 29.1 Å². The molecule has 42 heavy (non-hydrogen) atoms. The zero-order valence-corrected chi connectivity index (χ0v) is 23.0. The molecule has 0 aliphatic carbocycles. The van der Waals surface area contributed by atoms with Gasteiger partial charge in [-0.15, -0.1) is 0 Å². The highest BCUT2D eigenvalue weighted by Crippen LogP contribution is 2.35. The molecule has 2 aromatic heterocycles. The van der Waals surface area contributed by atoms with Crippen LogP contribution in [-0.4, -0.2) is 58.9 Å². The molecule has 1 aliphatic rings. The normalized spacial score (nSPS) is 14.4. The SMILES string of the molecule is Cc1ncc(C(=O)Nc2ccc(CN3CCN(C)CC3)c(C(F)(F)F)c2)cc1C#Cc1cnc(N)c2ccc(F)cc12. The van der Waals surface area contributed by atoms with Gasteiger partial charge in [-0.3, -0.25) is 14.7 Å². The molecule has 1 fully saturated rings. The van der Waals surface area contributed by atoms with Gasteiger partial charge in [0.05, 0.1) is 22.4 Å². The molecule has 0 saturated carbocycles. The molecule has 0 bridgehead atoms. The lowest BCUT2D eigenvalue weighted by Crippen LogP contribution is -2.44. The van der Waals surface area contributed by atoms with E-state index in [9.17, 15) is 22.4 Å². The topological polar surface area (TPSA) is 87.4 Å². The summed E-state index contributed by atoms with van der Waals surface area (Å²) in [7, 11) is 1.98. The number of pyridine rings is 2. The number of alkyl halides is 3. The van der Waals surface area contributed by atoms with Gasteiger partial charge >= 0.3 is 6.18 Å². The fourth-order valence-electron chi connectivity index (χ4n) is 4.76. The minimum absolute atomic E-state index is 0.0177. The van der Waals surface area contributed by atoms with Crippen molar-refractivity contribution >= 4 is 28.2 Å². The Morgan fingerprint density at radius 3 is 2.45 bits per heavy atom. The molecule has 5 rings (SSSR count). The van der Waals surface area contributed by atoms with Crippen LogP contribution >= 0.6 is 0 Å². The van der Waals surface area contributed by atoms with Crippen LogP contribution < -0.4 is 11.1 Å². The molecule has 4 aromatic rings. The first-order valence-corrected chi connectivity index (χ1v) is 13.2. The van der Waals surface area contributed by atoms with Crippen LogP contribution in [0.5, 0.6) is 0 Å². The lowest BCUT2D eigenvalue weighted by molar-refractivity contribution is -0.138. The maximum absolute atomic E-state index is 14.0. The molecule has 2 aromatic carbocycles. The Morgan fingerprint density at radius 1 is 0.976 bits per heavy atom. The van der Waals surface area contributed by atoms with E-state index in [1.54, 1.807) is 6.92 Å². The Kier molecular flexibility index (Phi) is 8.11. The second kappa shape index (κ2) is 11.8. The third-order valence-electron chi connectivity index (χ3n) is 7.22. The Balaban J connectivity index is 1.38. The smallest absolute Gasteiger partial charge is 0.383 e. The van der Waals surface area contributed by atoms with Gasteiger partial charge in [0.15, 0.2) is 0 Å². The Bertz CT molecular complexity index is 1720. The zero-order chi connectivity index (χ0) is 30.0. The zero-order valence-electron chi connectivity index (χ0n) is 23.0. The molecule has 7 nitrogen and oxygen atoms in total. The van der Waals surface area contributed by atoms with Crippen molar-refractivity contribution in [1.82, 2.24) is 19.8 Å². The molecule has 0 radical (unpaired) electrons. The van der Waals surface area contributed by atoms with Crippen LogP contribution in [-0.2, 0) is 12.7 Å². The fourth-order valence-corrected chi connectivity index (χ4v) is 4.76. The van der Waals surface area contributed by atoms with E-state index in [0.717, 1.165) is 19.2 Å². The van der Waals surface area contributed by atoms with Crippen LogP contribution in [0.25, 0.3) is 10.8 Å². The predicted octanol–water partition coefficient (Wildman–Crippen LogP) is 5.08. The Hall–Kier alpha value is -4.53. The molecule has 1 amide bonds. The van der Waals surface area contributed by atoms with Crippen LogP contribution in [0.1, 0.15) is 38.3 Å². The van der Waals surface area contributed by atoms with Crippen molar-refractivity contribution < 1.29 is 22.4 Å². The van der Waals surface area contributed by atoms with Gasteiger partial charge in [-0.2, -0.15) is 13.2 Å². The lowest BCUT2D eigenvalue weighted by atomic mass is 10.0. The summed E-state index contributed by atoms with van der Waals surface area (Å²) in [6, 6.07) is 9.48. The molecule has 3 heterocycles. The summed E-state index contributed by atoms with van der Waals surface area (Å²) in [5.41, 5.74) is 6.80. The number of fused-ring (bicyclic) bond motifs is 1. The van der Waals surface area contributed by atoms with Gasteiger partial charge in [0.25, 0.3) is 5.91 Å². The van der Waals surface area contributed by atoms with Crippen molar-refractivity contribution in [1.29, 1.82) is 0 Å². The number of nitrogens with zero attached hydrogens (tertiary/aromatic N) is 4. The van der Waals surface area contributed by atoms with Crippen LogP contribution in [0.15, 0.2) is 54.9 Å². The van der Waals surface area contributed by atoms with Crippen LogP contribution in [0, 0.1) is 24.6 Å². The highest BCUT2D eigenvalue weighted by Gasteiger charge is 2.34. The largest absolute Gasteiger partial charge is 0.416 e. The van der Waals surface area contributed by atoms with E-state index in [4.69, 9.17) is 5.73 Å². The summed E-state index contributed by atoms with van der Waals surface area (Å²) >= 11 is 0. The van der Waals surface area contributed by atoms with E-state index in [1.165, 1.54) is 48.8 Å². The summed E-state index contributed by atoms with van der Waals surface area (Å²) in [6.07, 6.45) is -1.81. The second-order valence-corrected chi connectivity index (χ2v) is 10.3. The number of rotatable bonds is 4. The number of aromatic nitrogens is 2. The average molecular weight is 577 g/mol. The molecule has 0 spiro atoms. The van der Waals surface area contributed by atoms with Crippen molar-refractivity contribution in [3.8, 4) is 11.8 Å². The quantitative estimate of drug-likeness (QED) is 0.261. The molecule has 216 valence electrons. The highest BCUT2D eigenvalue weighted by atomic mass is 19.4. The molecule has 0 atom stereocenters.